The zero-order valence-electron chi connectivity index (χ0n) is 14.2. The standard InChI is InChI=1S/C16H21N7S.ClH/c1-3-13-18-14(20-19-13)10-24-16-22-21-15(23(16)2)12(17)9-11-7-5-4-6-8-11;/h4-8,12H,3,9-10,17H2,1-2H3,(H,18,19,20);1H. The molecule has 0 radical (unpaired) electrons. The van der Waals surface area contributed by atoms with Crippen LogP contribution in [0.1, 0.15) is 36.0 Å². The van der Waals surface area contributed by atoms with Crippen molar-refractivity contribution in [3.63, 3.8) is 0 Å². The van der Waals surface area contributed by atoms with E-state index >= 15 is 0 Å². The topological polar surface area (TPSA) is 98.3 Å². The van der Waals surface area contributed by atoms with Gasteiger partial charge in [0.25, 0.3) is 0 Å². The molecule has 0 spiro atoms. The first kappa shape index (κ1) is 19.4. The molecule has 0 saturated heterocycles. The Bertz CT molecular complexity index is 787. The van der Waals surface area contributed by atoms with Crippen molar-refractivity contribution in [3.05, 3.63) is 53.4 Å². The second-order valence-electron chi connectivity index (χ2n) is 5.54. The summed E-state index contributed by atoms with van der Waals surface area (Å²) >= 11 is 1.57. The second-order valence-corrected chi connectivity index (χ2v) is 6.48. The van der Waals surface area contributed by atoms with Crippen LogP contribution in [0.4, 0.5) is 0 Å². The third kappa shape index (κ3) is 4.81. The summed E-state index contributed by atoms with van der Waals surface area (Å²) in [6, 6.07) is 9.99. The summed E-state index contributed by atoms with van der Waals surface area (Å²) in [7, 11) is 1.94. The Labute approximate surface area is 157 Å². The second kappa shape index (κ2) is 8.98. The number of thioether (sulfide) groups is 1. The molecule has 0 amide bonds. The number of rotatable bonds is 7. The Morgan fingerprint density at radius 3 is 2.68 bits per heavy atom. The molecule has 0 aliphatic heterocycles. The third-order valence-electron chi connectivity index (χ3n) is 3.73. The van der Waals surface area contributed by atoms with Crippen molar-refractivity contribution in [1.82, 2.24) is 29.9 Å². The van der Waals surface area contributed by atoms with Crippen molar-refractivity contribution in [3.8, 4) is 0 Å². The quantitative estimate of drug-likeness (QED) is 0.612. The van der Waals surface area contributed by atoms with Gasteiger partial charge in [0.05, 0.1) is 11.8 Å². The van der Waals surface area contributed by atoms with Crippen LogP contribution in [-0.2, 0) is 25.6 Å². The maximum Gasteiger partial charge on any atom is 0.191 e. The number of aromatic amines is 1. The number of nitrogens with one attached hydrogen (secondary N) is 1. The van der Waals surface area contributed by atoms with E-state index < -0.39 is 0 Å². The molecular formula is C16H22ClN7S. The average molecular weight is 380 g/mol. The highest BCUT2D eigenvalue weighted by Crippen LogP contribution is 2.22. The van der Waals surface area contributed by atoms with Crippen LogP contribution in [0.3, 0.4) is 0 Å². The van der Waals surface area contributed by atoms with E-state index in [9.17, 15) is 0 Å². The van der Waals surface area contributed by atoms with Crippen molar-refractivity contribution in [2.75, 3.05) is 0 Å². The highest BCUT2D eigenvalue weighted by Gasteiger charge is 2.17. The van der Waals surface area contributed by atoms with Gasteiger partial charge in [0, 0.05) is 13.5 Å². The van der Waals surface area contributed by atoms with Gasteiger partial charge < -0.3 is 10.3 Å². The van der Waals surface area contributed by atoms with Gasteiger partial charge in [-0.15, -0.1) is 22.6 Å². The number of nitrogens with zero attached hydrogens (tertiary/aromatic N) is 5. The number of aromatic nitrogens is 6. The van der Waals surface area contributed by atoms with Gasteiger partial charge in [-0.2, -0.15) is 5.10 Å². The highest BCUT2D eigenvalue weighted by atomic mass is 35.5. The molecule has 1 unspecified atom stereocenters. The lowest BCUT2D eigenvalue weighted by molar-refractivity contribution is 0.616. The van der Waals surface area contributed by atoms with E-state index in [1.165, 1.54) is 5.56 Å². The molecule has 1 aromatic carbocycles. The molecule has 0 aliphatic rings. The minimum atomic E-state index is -0.184. The minimum Gasteiger partial charge on any atom is -0.321 e. The van der Waals surface area contributed by atoms with Crippen molar-refractivity contribution < 1.29 is 0 Å². The van der Waals surface area contributed by atoms with Gasteiger partial charge in [-0.25, -0.2) is 4.98 Å². The lowest BCUT2D eigenvalue weighted by Gasteiger charge is -2.11. The fraction of sp³-hybridized carbons (Fsp3) is 0.375. The van der Waals surface area contributed by atoms with Gasteiger partial charge in [-0.05, 0) is 12.0 Å². The van der Waals surface area contributed by atoms with Gasteiger partial charge >= 0.3 is 0 Å². The molecule has 3 N–H and O–H groups in total. The van der Waals surface area contributed by atoms with Crippen LogP contribution >= 0.6 is 24.2 Å². The van der Waals surface area contributed by atoms with E-state index in [0.717, 1.165) is 35.5 Å². The summed E-state index contributed by atoms with van der Waals surface area (Å²) in [5.41, 5.74) is 7.50. The molecular weight excluding hydrogens is 358 g/mol. The van der Waals surface area contributed by atoms with Gasteiger partial charge in [0.2, 0.25) is 0 Å². The largest absolute Gasteiger partial charge is 0.321 e. The van der Waals surface area contributed by atoms with Crippen molar-refractivity contribution in [2.45, 2.75) is 36.7 Å². The summed E-state index contributed by atoms with van der Waals surface area (Å²) in [5, 5.41) is 16.4. The summed E-state index contributed by atoms with van der Waals surface area (Å²) in [5.74, 6) is 3.13. The normalized spacial score (nSPS) is 12.0. The van der Waals surface area contributed by atoms with E-state index in [-0.39, 0.29) is 18.4 Å². The number of hydrogen-bond donors (Lipinski definition) is 2. The number of halogens is 1. The zero-order chi connectivity index (χ0) is 16.9. The van der Waals surface area contributed by atoms with Crippen LogP contribution in [0.5, 0.6) is 0 Å². The lowest BCUT2D eigenvalue weighted by Crippen LogP contribution is -2.18. The molecule has 0 bridgehead atoms. The molecule has 1 atom stereocenters. The van der Waals surface area contributed by atoms with Gasteiger partial charge in [-0.3, -0.25) is 5.10 Å². The van der Waals surface area contributed by atoms with Crippen LogP contribution < -0.4 is 5.73 Å². The molecule has 0 fully saturated rings. The maximum atomic E-state index is 6.31. The Morgan fingerprint density at radius 2 is 2.00 bits per heavy atom. The first-order valence-corrected chi connectivity index (χ1v) is 8.87. The molecule has 3 rings (SSSR count). The van der Waals surface area contributed by atoms with Crippen LogP contribution in [0.15, 0.2) is 35.5 Å². The summed E-state index contributed by atoms with van der Waals surface area (Å²) in [6.07, 6.45) is 1.56. The number of hydrogen-bond acceptors (Lipinski definition) is 6. The van der Waals surface area contributed by atoms with Crippen LogP contribution in [-0.4, -0.2) is 29.9 Å². The predicted molar refractivity (Wildman–Crippen MR) is 101 cm³/mol. The van der Waals surface area contributed by atoms with Gasteiger partial charge in [0.1, 0.15) is 11.6 Å². The molecule has 2 heterocycles. The molecule has 2 aromatic heterocycles. The van der Waals surface area contributed by atoms with Crippen LogP contribution in [0.25, 0.3) is 0 Å². The Morgan fingerprint density at radius 1 is 1.24 bits per heavy atom. The number of benzene rings is 1. The molecule has 0 saturated carbocycles. The van der Waals surface area contributed by atoms with Gasteiger partial charge in [0.15, 0.2) is 11.0 Å². The van der Waals surface area contributed by atoms with Crippen LogP contribution in [0, 0.1) is 0 Å². The molecule has 134 valence electrons. The third-order valence-corrected chi connectivity index (χ3v) is 4.76. The molecule has 25 heavy (non-hydrogen) atoms. The summed E-state index contributed by atoms with van der Waals surface area (Å²) in [6.45, 7) is 2.03. The first-order chi connectivity index (χ1) is 11.7. The Kier molecular flexibility index (Phi) is 6.98. The minimum absolute atomic E-state index is 0. The molecule has 3 aromatic rings. The summed E-state index contributed by atoms with van der Waals surface area (Å²) in [4.78, 5) is 4.40. The highest BCUT2D eigenvalue weighted by molar-refractivity contribution is 7.98. The molecule has 9 heteroatoms. The maximum absolute atomic E-state index is 6.31. The van der Waals surface area contributed by atoms with E-state index in [1.54, 1.807) is 11.8 Å². The summed E-state index contributed by atoms with van der Waals surface area (Å²) < 4.78 is 1.95. The fourth-order valence-corrected chi connectivity index (χ4v) is 3.21. The van der Waals surface area contributed by atoms with E-state index in [1.807, 2.05) is 36.7 Å². The Hall–Kier alpha value is -1.90. The SMILES string of the molecule is CCc1n[nH]c(CSc2nnc(C(N)Cc3ccccc3)n2C)n1.Cl. The van der Waals surface area contributed by atoms with E-state index in [0.29, 0.717) is 5.75 Å². The van der Waals surface area contributed by atoms with Crippen molar-refractivity contribution in [1.29, 1.82) is 0 Å². The van der Waals surface area contributed by atoms with Crippen molar-refractivity contribution >= 4 is 24.2 Å². The monoisotopic (exact) mass is 379 g/mol. The lowest BCUT2D eigenvalue weighted by atomic mass is 10.1. The number of nitrogens with two attached hydrogens (primary N) is 1. The Balaban J connectivity index is 0.00000225. The fourth-order valence-electron chi connectivity index (χ4n) is 2.42. The predicted octanol–water partition coefficient (Wildman–Crippen LogP) is 2.45. The first-order valence-electron chi connectivity index (χ1n) is 7.89. The van der Waals surface area contributed by atoms with Gasteiger partial charge in [-0.1, -0.05) is 49.0 Å². The number of H-pyrrole nitrogens is 1. The zero-order valence-corrected chi connectivity index (χ0v) is 15.8. The molecule has 7 nitrogen and oxygen atoms in total. The molecule has 0 aliphatic carbocycles. The van der Waals surface area contributed by atoms with Crippen LogP contribution in [0.2, 0.25) is 0 Å². The smallest absolute Gasteiger partial charge is 0.191 e. The van der Waals surface area contributed by atoms with E-state index in [2.05, 4.69) is 37.5 Å². The average Bonchev–Trinajstić information content (AvgIpc) is 3.20. The number of aryl methyl sites for hydroxylation is 1. The van der Waals surface area contributed by atoms with Crippen molar-refractivity contribution in [2.24, 2.45) is 12.8 Å². The van der Waals surface area contributed by atoms with E-state index in [4.69, 9.17) is 5.73 Å².